The van der Waals surface area contributed by atoms with E-state index < -0.39 is 30.4 Å². The molecule has 1 aliphatic carbocycles. The summed E-state index contributed by atoms with van der Waals surface area (Å²) in [5.74, 6) is -1.73. The molecule has 2 fully saturated rings. The highest BCUT2D eigenvalue weighted by molar-refractivity contribution is 8.00. The van der Waals surface area contributed by atoms with E-state index in [9.17, 15) is 19.5 Å². The van der Waals surface area contributed by atoms with E-state index in [0.717, 1.165) is 47.9 Å². The van der Waals surface area contributed by atoms with Crippen LogP contribution < -0.4 is 10.6 Å². The van der Waals surface area contributed by atoms with Gasteiger partial charge in [0.1, 0.15) is 12.6 Å². The van der Waals surface area contributed by atoms with Gasteiger partial charge in [-0.3, -0.25) is 9.59 Å². The van der Waals surface area contributed by atoms with Crippen LogP contribution in [0.2, 0.25) is 0 Å². The van der Waals surface area contributed by atoms with Gasteiger partial charge < -0.3 is 20.5 Å². The van der Waals surface area contributed by atoms with E-state index >= 15 is 0 Å². The van der Waals surface area contributed by atoms with Crippen LogP contribution in [-0.4, -0.2) is 52.3 Å². The van der Waals surface area contributed by atoms with E-state index in [0.29, 0.717) is 10.5 Å². The molecule has 5 rings (SSSR count). The van der Waals surface area contributed by atoms with Crippen LogP contribution in [0.5, 0.6) is 0 Å². The van der Waals surface area contributed by atoms with Crippen LogP contribution in [0.3, 0.4) is 0 Å². The fourth-order valence-corrected chi connectivity index (χ4v) is 7.22. The number of fused-ring (bicyclic) bond motifs is 5. The molecule has 3 aliphatic rings. The molecule has 178 valence electrons. The number of aliphatic carboxylic acids is 1. The second-order valence-corrected chi connectivity index (χ2v) is 10.9. The van der Waals surface area contributed by atoms with Crippen molar-refractivity contribution in [1.29, 1.82) is 0 Å². The molecule has 2 aromatic rings. The number of hydrogen-bond donors (Lipinski definition) is 3. The Kier molecular flexibility index (Phi) is 6.50. The molecule has 3 N–H and O–H groups in total. The van der Waals surface area contributed by atoms with Gasteiger partial charge in [-0.15, -0.1) is 0 Å². The first kappa shape index (κ1) is 22.8. The summed E-state index contributed by atoms with van der Waals surface area (Å²) in [7, 11) is 0. The van der Waals surface area contributed by atoms with E-state index in [-0.39, 0.29) is 18.6 Å². The standard InChI is InChI=1S/C26H28N2O5S/c29-24(30)13-23(25(31)27-15-11-16-9-10-17(12-15)34-16)28-26(32)33-14-22-20-7-3-1-5-18(20)19-6-2-4-8-21(19)22/h1-8,15-17,22-23H,9-14H2,(H,27,31)(H,28,32)(H,29,30). The number of rotatable bonds is 7. The number of alkyl carbamates (subject to hydrolysis) is 1. The van der Waals surface area contributed by atoms with Gasteiger partial charge in [-0.25, -0.2) is 4.79 Å². The summed E-state index contributed by atoms with van der Waals surface area (Å²) in [4.78, 5) is 36.8. The summed E-state index contributed by atoms with van der Waals surface area (Å²) in [6, 6.07) is 14.9. The largest absolute Gasteiger partial charge is 0.481 e. The van der Waals surface area contributed by atoms with Crippen LogP contribution in [-0.2, 0) is 14.3 Å². The lowest BCUT2D eigenvalue weighted by Crippen LogP contribution is -2.51. The molecule has 2 bridgehead atoms. The van der Waals surface area contributed by atoms with Crippen molar-refractivity contribution in [3.63, 3.8) is 0 Å². The van der Waals surface area contributed by atoms with Crippen molar-refractivity contribution in [3.8, 4) is 11.1 Å². The first-order valence-corrected chi connectivity index (χ1v) is 12.7. The number of carboxylic acids is 1. The first-order chi connectivity index (χ1) is 16.5. The zero-order chi connectivity index (χ0) is 23.7. The first-order valence-electron chi connectivity index (χ1n) is 11.8. The van der Waals surface area contributed by atoms with Crippen molar-refractivity contribution in [2.45, 2.75) is 60.6 Å². The summed E-state index contributed by atoms with van der Waals surface area (Å²) >= 11 is 1.99. The lowest BCUT2D eigenvalue weighted by Gasteiger charge is -2.29. The minimum atomic E-state index is -1.18. The van der Waals surface area contributed by atoms with Crippen molar-refractivity contribution < 1.29 is 24.2 Å². The van der Waals surface area contributed by atoms with Gasteiger partial charge in [-0.2, -0.15) is 11.8 Å². The molecular formula is C26H28N2O5S. The number of thioether (sulfide) groups is 1. The van der Waals surface area contributed by atoms with Gasteiger partial charge in [0, 0.05) is 22.5 Å². The molecule has 2 amide bonds. The molecule has 0 saturated carbocycles. The zero-order valence-electron chi connectivity index (χ0n) is 18.7. The number of hydrogen-bond acceptors (Lipinski definition) is 5. The van der Waals surface area contributed by atoms with Crippen molar-refractivity contribution in [2.24, 2.45) is 0 Å². The Morgan fingerprint density at radius 2 is 1.56 bits per heavy atom. The zero-order valence-corrected chi connectivity index (χ0v) is 19.6. The Bertz CT molecular complexity index is 1050. The molecule has 3 atom stereocenters. The summed E-state index contributed by atoms with van der Waals surface area (Å²) in [6.07, 6.45) is 2.82. The maximum Gasteiger partial charge on any atom is 0.407 e. The summed E-state index contributed by atoms with van der Waals surface area (Å²) in [5.41, 5.74) is 4.41. The van der Waals surface area contributed by atoms with E-state index in [4.69, 9.17) is 4.74 Å². The number of carboxylic acid groups (broad SMARTS) is 1. The van der Waals surface area contributed by atoms with E-state index in [1.165, 1.54) is 0 Å². The van der Waals surface area contributed by atoms with Crippen LogP contribution in [0.25, 0.3) is 11.1 Å². The Morgan fingerprint density at radius 3 is 2.15 bits per heavy atom. The van der Waals surface area contributed by atoms with Crippen LogP contribution in [0, 0.1) is 0 Å². The maximum absolute atomic E-state index is 12.9. The molecule has 7 nitrogen and oxygen atoms in total. The van der Waals surface area contributed by atoms with E-state index in [1.807, 2.05) is 48.2 Å². The second-order valence-electron chi connectivity index (χ2n) is 9.25. The quantitative estimate of drug-likeness (QED) is 0.555. The van der Waals surface area contributed by atoms with Gasteiger partial charge >= 0.3 is 12.1 Å². The Morgan fingerprint density at radius 1 is 0.971 bits per heavy atom. The van der Waals surface area contributed by atoms with Crippen molar-refractivity contribution >= 4 is 29.7 Å². The molecule has 0 radical (unpaired) electrons. The number of carbonyl (C=O) groups excluding carboxylic acids is 2. The van der Waals surface area contributed by atoms with Crippen LogP contribution in [0.1, 0.15) is 49.1 Å². The highest BCUT2D eigenvalue weighted by atomic mass is 32.2. The van der Waals surface area contributed by atoms with Crippen molar-refractivity contribution in [1.82, 2.24) is 10.6 Å². The number of nitrogens with one attached hydrogen (secondary N) is 2. The lowest BCUT2D eigenvalue weighted by atomic mass is 9.98. The van der Waals surface area contributed by atoms with Crippen LogP contribution >= 0.6 is 11.8 Å². The third-order valence-corrected chi connectivity index (χ3v) is 8.59. The molecule has 8 heteroatoms. The molecule has 2 saturated heterocycles. The molecule has 2 heterocycles. The number of carbonyl (C=O) groups is 3. The minimum Gasteiger partial charge on any atom is -0.481 e. The fraction of sp³-hybridized carbons (Fsp3) is 0.423. The Balaban J connectivity index is 1.21. The third-order valence-electron chi connectivity index (χ3n) is 6.97. The predicted molar refractivity (Wildman–Crippen MR) is 130 cm³/mol. The van der Waals surface area contributed by atoms with Gasteiger partial charge in [0.15, 0.2) is 0 Å². The highest BCUT2D eigenvalue weighted by Crippen LogP contribution is 2.45. The minimum absolute atomic E-state index is 0.0202. The summed E-state index contributed by atoms with van der Waals surface area (Å²) in [5, 5.41) is 15.9. The van der Waals surface area contributed by atoms with Gasteiger partial charge in [0.2, 0.25) is 5.91 Å². The number of amides is 2. The molecule has 34 heavy (non-hydrogen) atoms. The average Bonchev–Trinajstić information content (AvgIpc) is 3.33. The molecule has 2 aliphatic heterocycles. The molecular weight excluding hydrogens is 452 g/mol. The lowest BCUT2D eigenvalue weighted by molar-refractivity contribution is -0.140. The van der Waals surface area contributed by atoms with Crippen molar-refractivity contribution in [3.05, 3.63) is 59.7 Å². The van der Waals surface area contributed by atoms with Gasteiger partial charge in [-0.05, 0) is 47.9 Å². The van der Waals surface area contributed by atoms with E-state index in [2.05, 4.69) is 22.8 Å². The summed E-state index contributed by atoms with van der Waals surface area (Å²) in [6.45, 7) is 0.102. The smallest absolute Gasteiger partial charge is 0.407 e. The predicted octanol–water partition coefficient (Wildman–Crippen LogP) is 3.91. The van der Waals surface area contributed by atoms with Crippen molar-refractivity contribution in [2.75, 3.05) is 6.61 Å². The van der Waals surface area contributed by atoms with Crippen LogP contribution in [0.15, 0.2) is 48.5 Å². The molecule has 2 aromatic carbocycles. The Labute approximate surface area is 202 Å². The monoisotopic (exact) mass is 480 g/mol. The SMILES string of the molecule is O=C(O)CC(NC(=O)OCC1c2ccccc2-c2ccccc21)C(=O)NC1CC2CCC(C1)S2. The highest BCUT2D eigenvalue weighted by Gasteiger charge is 2.37. The van der Waals surface area contributed by atoms with Gasteiger partial charge in [0.05, 0.1) is 6.42 Å². The molecule has 0 spiro atoms. The third kappa shape index (κ3) is 4.78. The molecule has 0 aromatic heterocycles. The topological polar surface area (TPSA) is 105 Å². The van der Waals surface area contributed by atoms with Crippen LogP contribution in [0.4, 0.5) is 4.79 Å². The average molecular weight is 481 g/mol. The normalized spacial score (nSPS) is 23.5. The van der Waals surface area contributed by atoms with Gasteiger partial charge in [0.25, 0.3) is 0 Å². The maximum atomic E-state index is 12.9. The van der Waals surface area contributed by atoms with Gasteiger partial charge in [-0.1, -0.05) is 48.5 Å². The van der Waals surface area contributed by atoms with E-state index in [1.54, 1.807) is 0 Å². The molecule has 3 unspecified atom stereocenters. The second kappa shape index (κ2) is 9.70. The fourth-order valence-electron chi connectivity index (χ4n) is 5.44. The number of benzene rings is 2. The summed E-state index contributed by atoms with van der Waals surface area (Å²) < 4.78 is 5.51. The Hall–Kier alpha value is -3.00. The number of ether oxygens (including phenoxy) is 1.